The van der Waals surface area contributed by atoms with Gasteiger partial charge in [0.25, 0.3) is 5.91 Å². The van der Waals surface area contributed by atoms with E-state index in [1.807, 2.05) is 25.6 Å². The van der Waals surface area contributed by atoms with Crippen LogP contribution in [0.15, 0.2) is 16.5 Å². The Balaban J connectivity index is 1.76. The molecule has 2 aromatic heterocycles. The number of rotatable bonds is 4. The normalized spacial score (nSPS) is 16.1. The first-order chi connectivity index (χ1) is 12.0. The van der Waals surface area contributed by atoms with E-state index in [0.717, 1.165) is 55.4 Å². The van der Waals surface area contributed by atoms with Crippen LogP contribution in [0.5, 0.6) is 0 Å². The van der Waals surface area contributed by atoms with Gasteiger partial charge >= 0.3 is 0 Å². The maximum atomic E-state index is 12.3. The molecule has 0 aliphatic carbocycles. The molecule has 0 bridgehead atoms. The Morgan fingerprint density at radius 2 is 2.00 bits per heavy atom. The van der Waals surface area contributed by atoms with Gasteiger partial charge in [-0.1, -0.05) is 0 Å². The summed E-state index contributed by atoms with van der Waals surface area (Å²) in [6.45, 7) is 8.37. The minimum atomic E-state index is -0.196. The van der Waals surface area contributed by atoms with E-state index in [2.05, 4.69) is 27.3 Å². The first-order valence-corrected chi connectivity index (χ1v) is 8.76. The molecule has 0 spiro atoms. The van der Waals surface area contributed by atoms with Crippen LogP contribution in [0.25, 0.3) is 0 Å². The molecular weight excluding hydrogens is 318 g/mol. The second-order valence-corrected chi connectivity index (χ2v) is 6.75. The molecule has 3 heterocycles. The topological polar surface area (TPSA) is 66.5 Å². The van der Waals surface area contributed by atoms with E-state index < -0.39 is 0 Å². The van der Waals surface area contributed by atoms with E-state index in [0.29, 0.717) is 12.3 Å². The van der Waals surface area contributed by atoms with Gasteiger partial charge in [-0.15, -0.1) is 0 Å². The number of furan rings is 1. The predicted octanol–water partition coefficient (Wildman–Crippen LogP) is 1.70. The molecule has 0 unspecified atom stereocenters. The minimum Gasteiger partial charge on any atom is -0.456 e. The Hall–Kier alpha value is -2.28. The molecule has 1 N–H and O–H groups in total. The number of nitrogens with zero attached hydrogens (tertiary/aromatic N) is 4. The van der Waals surface area contributed by atoms with Crippen LogP contribution < -0.4 is 10.2 Å². The van der Waals surface area contributed by atoms with Gasteiger partial charge < -0.3 is 19.5 Å². The standard InChI is InChI=1S/C18H27N5O2/c1-13-6-7-16(25-13)17(24)19-12-15-14(2)20-22(4)18(15)23-9-5-8-21(3)10-11-23/h6-7H,5,8-12H2,1-4H3,(H,19,24). The highest BCUT2D eigenvalue weighted by Gasteiger charge is 2.22. The fourth-order valence-corrected chi connectivity index (χ4v) is 3.36. The Bertz CT molecular complexity index is 749. The highest BCUT2D eigenvalue weighted by atomic mass is 16.3. The van der Waals surface area contributed by atoms with Crippen LogP contribution in [0, 0.1) is 13.8 Å². The molecular formula is C18H27N5O2. The number of carbonyl (C=O) groups is 1. The summed E-state index contributed by atoms with van der Waals surface area (Å²) in [7, 11) is 4.13. The van der Waals surface area contributed by atoms with E-state index in [1.54, 1.807) is 12.1 Å². The Morgan fingerprint density at radius 1 is 1.20 bits per heavy atom. The summed E-state index contributed by atoms with van der Waals surface area (Å²) in [5, 5.41) is 7.54. The SMILES string of the molecule is Cc1ccc(C(=O)NCc2c(C)nn(C)c2N2CCCN(C)CC2)o1. The first-order valence-electron chi connectivity index (χ1n) is 8.76. The summed E-state index contributed by atoms with van der Waals surface area (Å²) >= 11 is 0. The lowest BCUT2D eigenvalue weighted by Gasteiger charge is -2.24. The van der Waals surface area contributed by atoms with E-state index in [9.17, 15) is 4.79 Å². The third-order valence-electron chi connectivity index (χ3n) is 4.72. The molecule has 0 atom stereocenters. The van der Waals surface area contributed by atoms with Gasteiger partial charge in [-0.05, 0) is 46.0 Å². The molecule has 1 aliphatic heterocycles. The summed E-state index contributed by atoms with van der Waals surface area (Å²) in [6.07, 6.45) is 1.12. The van der Waals surface area contributed by atoms with Crippen molar-refractivity contribution in [1.82, 2.24) is 20.0 Å². The van der Waals surface area contributed by atoms with Gasteiger partial charge in [0.2, 0.25) is 0 Å². The Kier molecular flexibility index (Phi) is 5.13. The van der Waals surface area contributed by atoms with Crippen molar-refractivity contribution in [3.05, 3.63) is 34.9 Å². The molecule has 1 saturated heterocycles. The zero-order valence-electron chi connectivity index (χ0n) is 15.5. The lowest BCUT2D eigenvalue weighted by atomic mass is 10.2. The number of hydrogen-bond donors (Lipinski definition) is 1. The number of nitrogens with one attached hydrogen (secondary N) is 1. The quantitative estimate of drug-likeness (QED) is 0.914. The van der Waals surface area contributed by atoms with Crippen molar-refractivity contribution in [2.45, 2.75) is 26.8 Å². The Morgan fingerprint density at radius 3 is 2.72 bits per heavy atom. The molecule has 0 saturated carbocycles. The van der Waals surface area contributed by atoms with Crippen molar-refractivity contribution in [3.63, 3.8) is 0 Å². The summed E-state index contributed by atoms with van der Waals surface area (Å²) in [6, 6.07) is 3.50. The molecule has 0 aromatic carbocycles. The molecule has 1 aliphatic rings. The maximum absolute atomic E-state index is 12.3. The van der Waals surface area contributed by atoms with Gasteiger partial charge in [0, 0.05) is 38.8 Å². The first kappa shape index (κ1) is 17.5. The highest BCUT2D eigenvalue weighted by Crippen LogP contribution is 2.24. The summed E-state index contributed by atoms with van der Waals surface area (Å²) in [5.74, 6) is 1.98. The van der Waals surface area contributed by atoms with Crippen LogP contribution in [0.2, 0.25) is 0 Å². The molecule has 7 heteroatoms. The van der Waals surface area contributed by atoms with Crippen molar-refractivity contribution >= 4 is 11.7 Å². The summed E-state index contributed by atoms with van der Waals surface area (Å²) < 4.78 is 7.32. The number of carbonyl (C=O) groups excluding carboxylic acids is 1. The van der Waals surface area contributed by atoms with E-state index >= 15 is 0 Å². The minimum absolute atomic E-state index is 0.196. The van der Waals surface area contributed by atoms with Crippen LogP contribution in [-0.4, -0.2) is 53.8 Å². The number of aromatic nitrogens is 2. The van der Waals surface area contributed by atoms with E-state index in [4.69, 9.17) is 4.42 Å². The van der Waals surface area contributed by atoms with Crippen LogP contribution in [-0.2, 0) is 13.6 Å². The lowest BCUT2D eigenvalue weighted by Crippen LogP contribution is -2.32. The molecule has 136 valence electrons. The fraction of sp³-hybridized carbons (Fsp3) is 0.556. The second-order valence-electron chi connectivity index (χ2n) is 6.75. The van der Waals surface area contributed by atoms with Crippen LogP contribution in [0.1, 0.15) is 34.0 Å². The third kappa shape index (κ3) is 3.87. The average molecular weight is 345 g/mol. The molecule has 0 radical (unpaired) electrons. The maximum Gasteiger partial charge on any atom is 0.287 e. The number of likely N-dealkylation sites (N-methyl/N-ethyl adjacent to an activating group) is 1. The number of anilines is 1. The van der Waals surface area contributed by atoms with Gasteiger partial charge in [-0.25, -0.2) is 0 Å². The molecule has 2 aromatic rings. The lowest BCUT2D eigenvalue weighted by molar-refractivity contribution is 0.0922. The van der Waals surface area contributed by atoms with E-state index in [1.165, 1.54) is 0 Å². The molecule has 7 nitrogen and oxygen atoms in total. The van der Waals surface area contributed by atoms with Crippen LogP contribution >= 0.6 is 0 Å². The summed E-state index contributed by atoms with van der Waals surface area (Å²) in [5.41, 5.74) is 2.02. The zero-order chi connectivity index (χ0) is 18.0. The molecule has 3 rings (SSSR count). The third-order valence-corrected chi connectivity index (χ3v) is 4.72. The monoisotopic (exact) mass is 345 g/mol. The van der Waals surface area contributed by atoms with Gasteiger partial charge in [-0.3, -0.25) is 9.48 Å². The van der Waals surface area contributed by atoms with Crippen LogP contribution in [0.4, 0.5) is 5.82 Å². The van der Waals surface area contributed by atoms with Gasteiger partial charge in [0.15, 0.2) is 5.76 Å². The molecule has 1 fully saturated rings. The predicted molar refractivity (Wildman–Crippen MR) is 96.9 cm³/mol. The van der Waals surface area contributed by atoms with Crippen molar-refractivity contribution in [1.29, 1.82) is 0 Å². The smallest absolute Gasteiger partial charge is 0.287 e. The number of hydrogen-bond acceptors (Lipinski definition) is 5. The average Bonchev–Trinajstić information content (AvgIpc) is 3.04. The van der Waals surface area contributed by atoms with Crippen molar-refractivity contribution in [2.75, 3.05) is 38.1 Å². The fourth-order valence-electron chi connectivity index (χ4n) is 3.36. The largest absolute Gasteiger partial charge is 0.456 e. The molecule has 25 heavy (non-hydrogen) atoms. The van der Waals surface area contributed by atoms with Crippen molar-refractivity contribution < 1.29 is 9.21 Å². The van der Waals surface area contributed by atoms with Gasteiger partial charge in [-0.2, -0.15) is 5.10 Å². The zero-order valence-corrected chi connectivity index (χ0v) is 15.5. The number of aryl methyl sites for hydroxylation is 3. The van der Waals surface area contributed by atoms with Crippen LogP contribution in [0.3, 0.4) is 0 Å². The number of amides is 1. The van der Waals surface area contributed by atoms with Gasteiger partial charge in [0.05, 0.1) is 5.69 Å². The van der Waals surface area contributed by atoms with E-state index in [-0.39, 0.29) is 5.91 Å². The van der Waals surface area contributed by atoms with Crippen molar-refractivity contribution in [3.8, 4) is 0 Å². The summed E-state index contributed by atoms with van der Waals surface area (Å²) in [4.78, 5) is 17.0. The van der Waals surface area contributed by atoms with Gasteiger partial charge in [0.1, 0.15) is 11.6 Å². The second kappa shape index (κ2) is 7.31. The molecule has 1 amide bonds. The van der Waals surface area contributed by atoms with Crippen molar-refractivity contribution in [2.24, 2.45) is 7.05 Å². The Labute approximate surface area is 148 Å². The highest BCUT2D eigenvalue weighted by molar-refractivity contribution is 5.91.